The Balaban J connectivity index is 2.56. The maximum absolute atomic E-state index is 5.64. The number of methoxy groups -OCH3 is 1. The van der Waals surface area contributed by atoms with E-state index < -0.39 is 0 Å². The second-order valence-electron chi connectivity index (χ2n) is 4.74. The second-order valence-corrected chi connectivity index (χ2v) is 4.74. The molecule has 0 saturated carbocycles. The molecule has 1 rings (SSSR count). The van der Waals surface area contributed by atoms with Gasteiger partial charge in [-0.15, -0.1) is 0 Å². The van der Waals surface area contributed by atoms with Gasteiger partial charge in [-0.05, 0) is 19.4 Å². The highest BCUT2D eigenvalue weighted by Gasteiger charge is 2.07. The molecule has 21 heavy (non-hydrogen) atoms. The minimum atomic E-state index is 0.186. The van der Waals surface area contributed by atoms with Crippen LogP contribution >= 0.6 is 0 Å². The van der Waals surface area contributed by atoms with Gasteiger partial charge in [-0.2, -0.15) is 0 Å². The number of guanidine groups is 1. The largest absolute Gasteiger partial charge is 0.477 e. The fourth-order valence-corrected chi connectivity index (χ4v) is 1.79. The van der Waals surface area contributed by atoms with E-state index in [1.54, 1.807) is 20.4 Å². The van der Waals surface area contributed by atoms with Gasteiger partial charge >= 0.3 is 0 Å². The van der Waals surface area contributed by atoms with E-state index in [1.807, 2.05) is 19.1 Å². The minimum Gasteiger partial charge on any atom is -0.477 e. The van der Waals surface area contributed by atoms with Crippen LogP contribution in [0.1, 0.15) is 25.8 Å². The molecule has 0 aliphatic rings. The van der Waals surface area contributed by atoms with Crippen LogP contribution in [-0.2, 0) is 11.3 Å². The molecular formula is C15H26N4O2. The number of ether oxygens (including phenoxy) is 2. The molecule has 0 aliphatic heterocycles. The van der Waals surface area contributed by atoms with Gasteiger partial charge in [0.25, 0.3) is 0 Å². The van der Waals surface area contributed by atoms with Crippen molar-refractivity contribution in [2.45, 2.75) is 32.9 Å². The molecule has 1 aromatic rings. The van der Waals surface area contributed by atoms with E-state index in [9.17, 15) is 0 Å². The molecule has 0 saturated heterocycles. The van der Waals surface area contributed by atoms with Crippen molar-refractivity contribution in [2.75, 3.05) is 27.4 Å². The molecule has 0 amide bonds. The maximum Gasteiger partial charge on any atom is 0.218 e. The topological polar surface area (TPSA) is 67.8 Å². The number of hydrogen-bond acceptors (Lipinski definition) is 4. The highest BCUT2D eigenvalue weighted by atomic mass is 16.5. The first-order chi connectivity index (χ1) is 10.2. The summed E-state index contributed by atoms with van der Waals surface area (Å²) in [5.41, 5.74) is 1.01. The molecule has 0 bridgehead atoms. The third-order valence-electron chi connectivity index (χ3n) is 2.76. The average molecular weight is 294 g/mol. The van der Waals surface area contributed by atoms with Crippen molar-refractivity contribution in [3.05, 3.63) is 23.9 Å². The highest BCUT2D eigenvalue weighted by molar-refractivity contribution is 5.79. The number of aliphatic imine (C=N–C) groups is 1. The van der Waals surface area contributed by atoms with Gasteiger partial charge in [0.15, 0.2) is 5.96 Å². The van der Waals surface area contributed by atoms with Crippen LogP contribution in [0.3, 0.4) is 0 Å². The molecule has 0 spiro atoms. The summed E-state index contributed by atoms with van der Waals surface area (Å²) >= 11 is 0. The molecule has 6 heteroatoms. The van der Waals surface area contributed by atoms with Gasteiger partial charge in [0.2, 0.25) is 5.88 Å². The Morgan fingerprint density at radius 1 is 1.48 bits per heavy atom. The van der Waals surface area contributed by atoms with Crippen molar-refractivity contribution in [3.8, 4) is 5.88 Å². The van der Waals surface area contributed by atoms with Gasteiger partial charge < -0.3 is 20.1 Å². The van der Waals surface area contributed by atoms with E-state index >= 15 is 0 Å². The summed E-state index contributed by atoms with van der Waals surface area (Å²) in [6, 6.07) is 4.09. The first kappa shape index (κ1) is 17.2. The van der Waals surface area contributed by atoms with E-state index in [2.05, 4.69) is 27.5 Å². The predicted octanol–water partition coefficient (Wildman–Crippen LogP) is 1.57. The van der Waals surface area contributed by atoms with Crippen molar-refractivity contribution < 1.29 is 9.47 Å². The molecule has 1 heterocycles. The fourth-order valence-electron chi connectivity index (χ4n) is 1.79. The van der Waals surface area contributed by atoms with Crippen LogP contribution < -0.4 is 15.4 Å². The zero-order valence-corrected chi connectivity index (χ0v) is 13.3. The molecular weight excluding hydrogens is 268 g/mol. The summed E-state index contributed by atoms with van der Waals surface area (Å²) in [6.07, 6.45) is 2.70. The van der Waals surface area contributed by atoms with Crippen molar-refractivity contribution >= 4 is 5.96 Å². The number of hydrogen-bond donors (Lipinski definition) is 2. The van der Waals surface area contributed by atoms with E-state index in [4.69, 9.17) is 9.47 Å². The molecule has 0 aliphatic carbocycles. The number of aromatic nitrogens is 1. The molecule has 0 aromatic carbocycles. The van der Waals surface area contributed by atoms with Crippen LogP contribution in [0.25, 0.3) is 0 Å². The summed E-state index contributed by atoms with van der Waals surface area (Å²) in [5, 5.41) is 6.51. The lowest BCUT2D eigenvalue weighted by Crippen LogP contribution is -2.43. The van der Waals surface area contributed by atoms with E-state index in [1.165, 1.54) is 0 Å². The lowest BCUT2D eigenvalue weighted by molar-refractivity contribution is 0.179. The van der Waals surface area contributed by atoms with Crippen LogP contribution in [0.5, 0.6) is 5.88 Å². The Morgan fingerprint density at radius 2 is 2.29 bits per heavy atom. The third kappa shape index (κ3) is 6.44. The quantitative estimate of drug-likeness (QED) is 0.563. The Kier molecular flexibility index (Phi) is 8.19. The van der Waals surface area contributed by atoms with Gasteiger partial charge in [-0.1, -0.05) is 13.0 Å². The van der Waals surface area contributed by atoms with Crippen LogP contribution in [0.4, 0.5) is 0 Å². The summed E-state index contributed by atoms with van der Waals surface area (Å²) < 4.78 is 10.7. The van der Waals surface area contributed by atoms with Gasteiger partial charge in [0, 0.05) is 38.5 Å². The average Bonchev–Trinajstić information content (AvgIpc) is 2.50. The number of pyridine rings is 1. The first-order valence-corrected chi connectivity index (χ1v) is 7.24. The standard InChI is InChI=1S/C15H26N4O2/c1-5-9-21-14-13(7-6-8-17-14)10-18-15(16-3)19-12(2)11-20-4/h6-8,12H,5,9-11H2,1-4H3,(H2,16,18,19). The molecule has 118 valence electrons. The third-order valence-corrected chi connectivity index (χ3v) is 2.76. The number of nitrogens with zero attached hydrogens (tertiary/aromatic N) is 2. The van der Waals surface area contributed by atoms with Crippen molar-refractivity contribution in [1.29, 1.82) is 0 Å². The van der Waals surface area contributed by atoms with Crippen LogP contribution in [0, 0.1) is 0 Å². The molecule has 1 aromatic heterocycles. The molecule has 0 fully saturated rings. The van der Waals surface area contributed by atoms with Gasteiger partial charge in [-0.25, -0.2) is 4.98 Å². The fraction of sp³-hybridized carbons (Fsp3) is 0.600. The normalized spacial score (nSPS) is 12.9. The first-order valence-electron chi connectivity index (χ1n) is 7.24. The Labute approximate surface area is 127 Å². The molecule has 2 N–H and O–H groups in total. The van der Waals surface area contributed by atoms with Crippen molar-refractivity contribution in [3.63, 3.8) is 0 Å². The zero-order chi connectivity index (χ0) is 15.5. The Morgan fingerprint density at radius 3 is 2.95 bits per heavy atom. The summed E-state index contributed by atoms with van der Waals surface area (Å²) in [5.74, 6) is 1.40. The van der Waals surface area contributed by atoms with E-state index in [0.29, 0.717) is 25.6 Å². The Bertz CT molecular complexity index is 437. The van der Waals surface area contributed by atoms with Crippen LogP contribution in [-0.4, -0.2) is 44.4 Å². The summed E-state index contributed by atoms with van der Waals surface area (Å²) in [7, 11) is 3.42. The van der Waals surface area contributed by atoms with Gasteiger partial charge in [0.05, 0.1) is 13.2 Å². The SMILES string of the molecule is CCCOc1ncccc1CNC(=NC)NC(C)COC. The Hall–Kier alpha value is -1.82. The number of nitrogens with one attached hydrogen (secondary N) is 2. The molecule has 1 unspecified atom stereocenters. The monoisotopic (exact) mass is 294 g/mol. The van der Waals surface area contributed by atoms with E-state index in [-0.39, 0.29) is 6.04 Å². The smallest absolute Gasteiger partial charge is 0.218 e. The maximum atomic E-state index is 5.64. The van der Waals surface area contributed by atoms with Gasteiger partial charge in [0.1, 0.15) is 0 Å². The molecule has 0 radical (unpaired) electrons. The summed E-state index contributed by atoms with van der Waals surface area (Å²) in [4.78, 5) is 8.46. The van der Waals surface area contributed by atoms with Crippen LogP contribution in [0.2, 0.25) is 0 Å². The lowest BCUT2D eigenvalue weighted by atomic mass is 10.2. The predicted molar refractivity (Wildman–Crippen MR) is 84.7 cm³/mol. The van der Waals surface area contributed by atoms with Crippen molar-refractivity contribution in [1.82, 2.24) is 15.6 Å². The van der Waals surface area contributed by atoms with Crippen LogP contribution in [0.15, 0.2) is 23.3 Å². The lowest BCUT2D eigenvalue weighted by Gasteiger charge is -2.17. The highest BCUT2D eigenvalue weighted by Crippen LogP contribution is 2.14. The molecule has 6 nitrogen and oxygen atoms in total. The molecule has 1 atom stereocenters. The number of rotatable bonds is 8. The van der Waals surface area contributed by atoms with E-state index in [0.717, 1.165) is 17.9 Å². The zero-order valence-electron chi connectivity index (χ0n) is 13.3. The van der Waals surface area contributed by atoms with Gasteiger partial charge in [-0.3, -0.25) is 4.99 Å². The minimum absolute atomic E-state index is 0.186. The second kappa shape index (κ2) is 9.99. The summed E-state index contributed by atoms with van der Waals surface area (Å²) in [6.45, 7) is 6.01. The van der Waals surface area contributed by atoms with Crippen molar-refractivity contribution in [2.24, 2.45) is 4.99 Å².